The van der Waals surface area contributed by atoms with Crippen molar-refractivity contribution in [1.82, 2.24) is 0 Å². The first-order valence-corrected chi connectivity index (χ1v) is 20.1. The fraction of sp³-hybridized carbons (Fsp3) is 0.571. The molecule has 0 aliphatic rings. The fourth-order valence-electron chi connectivity index (χ4n) is 5.44. The molecule has 2 aromatic carbocycles. The van der Waals surface area contributed by atoms with Gasteiger partial charge in [0, 0.05) is 0 Å². The Bertz CT molecular complexity index is 663. The van der Waals surface area contributed by atoms with E-state index in [1.165, 1.54) is 57.4 Å². The van der Waals surface area contributed by atoms with Gasteiger partial charge in [0.15, 0.2) is 0 Å². The maximum absolute atomic E-state index is 11.5. The molecule has 1 N–H and O–H groups in total. The van der Waals surface area contributed by atoms with Gasteiger partial charge in [-0.1, -0.05) is 0 Å². The van der Waals surface area contributed by atoms with Gasteiger partial charge < -0.3 is 0 Å². The molecule has 0 fully saturated rings. The Kier molecular flexibility index (Phi) is 11.5. The van der Waals surface area contributed by atoms with Crippen LogP contribution in [0.1, 0.15) is 87.4 Å². The summed E-state index contributed by atoms with van der Waals surface area (Å²) in [6.45, 7) is 9.37. The van der Waals surface area contributed by atoms with E-state index in [2.05, 4.69) is 82.3 Å². The third-order valence-electron chi connectivity index (χ3n) is 7.07. The van der Waals surface area contributed by atoms with Crippen molar-refractivity contribution in [2.75, 3.05) is 0 Å². The summed E-state index contributed by atoms with van der Waals surface area (Å²) in [5.41, 5.74) is 2.58. The molecule has 0 unspecified atom stereocenters. The van der Waals surface area contributed by atoms with Crippen LogP contribution >= 0.6 is 0 Å². The van der Waals surface area contributed by atoms with Crippen molar-refractivity contribution in [3.8, 4) is 0 Å². The van der Waals surface area contributed by atoms with E-state index in [4.69, 9.17) is 0 Å². The van der Waals surface area contributed by atoms with Crippen LogP contribution in [0.5, 0.6) is 0 Å². The molecule has 2 heteroatoms. The van der Waals surface area contributed by atoms with Crippen molar-refractivity contribution in [3.05, 3.63) is 71.8 Å². The Morgan fingerprint density at radius 1 is 0.667 bits per heavy atom. The van der Waals surface area contributed by atoms with E-state index >= 15 is 0 Å². The second kappa shape index (κ2) is 13.6. The molecular formula is C28H44OSn. The third-order valence-corrected chi connectivity index (χ3v) is 24.8. The molecule has 1 nitrogen and oxygen atoms in total. The van der Waals surface area contributed by atoms with Crippen LogP contribution in [0, 0.1) is 5.92 Å². The SMILES string of the molecule is CCC[CH2][Sn]([CH2]CCC)([CH2]CCC)[C@@H](c1ccccc1)[C@@H](C)[C@@H](O)c1ccccc1. The predicted octanol–water partition coefficient (Wildman–Crippen LogP) is 8.53. The van der Waals surface area contributed by atoms with Crippen molar-refractivity contribution in [1.29, 1.82) is 0 Å². The molecule has 0 saturated carbocycles. The number of unbranched alkanes of at least 4 members (excludes halogenated alkanes) is 3. The Morgan fingerprint density at radius 2 is 1.07 bits per heavy atom. The van der Waals surface area contributed by atoms with Crippen LogP contribution < -0.4 is 0 Å². The zero-order valence-corrected chi connectivity index (χ0v) is 22.7. The molecule has 2 rings (SSSR count). The van der Waals surface area contributed by atoms with E-state index in [0.717, 1.165) is 5.56 Å². The first kappa shape index (κ1) is 25.5. The Morgan fingerprint density at radius 3 is 1.47 bits per heavy atom. The van der Waals surface area contributed by atoms with E-state index in [1.807, 2.05) is 6.07 Å². The molecule has 0 radical (unpaired) electrons. The van der Waals surface area contributed by atoms with E-state index in [-0.39, 0.29) is 5.92 Å². The van der Waals surface area contributed by atoms with Gasteiger partial charge in [-0.25, -0.2) is 0 Å². The minimum absolute atomic E-state index is 0.260. The summed E-state index contributed by atoms with van der Waals surface area (Å²) in [6, 6.07) is 21.6. The summed E-state index contributed by atoms with van der Waals surface area (Å²) in [5, 5.41) is 11.5. The molecule has 3 atom stereocenters. The van der Waals surface area contributed by atoms with Gasteiger partial charge in [0.05, 0.1) is 0 Å². The molecule has 30 heavy (non-hydrogen) atoms. The van der Waals surface area contributed by atoms with Gasteiger partial charge in [-0.2, -0.15) is 0 Å². The summed E-state index contributed by atoms with van der Waals surface area (Å²) in [7, 11) is 0. The summed E-state index contributed by atoms with van der Waals surface area (Å²) < 4.78 is 4.98. The average molecular weight is 515 g/mol. The molecular weight excluding hydrogens is 471 g/mol. The monoisotopic (exact) mass is 516 g/mol. The number of aliphatic hydroxyl groups excluding tert-OH is 1. The van der Waals surface area contributed by atoms with Gasteiger partial charge in [0.2, 0.25) is 0 Å². The van der Waals surface area contributed by atoms with Crippen LogP contribution in [0.15, 0.2) is 60.7 Å². The van der Waals surface area contributed by atoms with Crippen LogP contribution in [0.2, 0.25) is 13.3 Å². The molecule has 0 amide bonds. The van der Waals surface area contributed by atoms with E-state index in [1.54, 1.807) is 0 Å². The van der Waals surface area contributed by atoms with Crippen LogP contribution in [0.4, 0.5) is 0 Å². The Labute approximate surface area is 190 Å². The standard InChI is InChI=1S/C16H17O.3C4H9.Sn/c1-13(12-14-8-4-2-5-9-14)16(17)15-10-6-3-7-11-15;3*1-3-4-2;/h2-13,16-17H,1H3;3*1,3-4H2,2H3;/t13-,16-;;;;/m1..../s1. The molecule has 0 heterocycles. The third kappa shape index (κ3) is 6.85. The molecule has 0 aliphatic carbocycles. The fourth-order valence-corrected chi connectivity index (χ4v) is 25.6. The van der Waals surface area contributed by atoms with Crippen LogP contribution in [0.25, 0.3) is 0 Å². The zero-order valence-electron chi connectivity index (χ0n) is 19.8. The van der Waals surface area contributed by atoms with Gasteiger partial charge in [0.1, 0.15) is 0 Å². The number of hydrogen-bond acceptors (Lipinski definition) is 1. The Hall–Kier alpha value is -0.801. The van der Waals surface area contributed by atoms with Gasteiger partial charge in [0.25, 0.3) is 0 Å². The normalized spacial score (nSPS) is 15.0. The Balaban J connectivity index is 2.53. The summed E-state index contributed by atoms with van der Waals surface area (Å²) >= 11 is -2.62. The van der Waals surface area contributed by atoms with Crippen LogP contribution in [-0.4, -0.2) is 23.5 Å². The van der Waals surface area contributed by atoms with Gasteiger partial charge >= 0.3 is 191 Å². The summed E-state index contributed by atoms with van der Waals surface area (Å²) in [6.07, 6.45) is 7.55. The van der Waals surface area contributed by atoms with E-state index < -0.39 is 24.5 Å². The molecule has 0 aliphatic heterocycles. The minimum atomic E-state index is -2.62. The number of benzene rings is 2. The van der Waals surface area contributed by atoms with Crippen molar-refractivity contribution in [3.63, 3.8) is 0 Å². The average Bonchev–Trinajstić information content (AvgIpc) is 2.80. The predicted molar refractivity (Wildman–Crippen MR) is 135 cm³/mol. The van der Waals surface area contributed by atoms with Gasteiger partial charge in [-0.15, -0.1) is 0 Å². The number of hydrogen-bond donors (Lipinski definition) is 1. The second-order valence-corrected chi connectivity index (χ2v) is 23.1. The first-order chi connectivity index (χ1) is 14.6. The van der Waals surface area contributed by atoms with Gasteiger partial charge in [-0.3, -0.25) is 0 Å². The molecule has 0 aromatic heterocycles. The van der Waals surface area contributed by atoms with Crippen LogP contribution in [0.3, 0.4) is 0 Å². The number of aliphatic hydroxyl groups is 1. The molecule has 166 valence electrons. The second-order valence-electron chi connectivity index (χ2n) is 9.28. The topological polar surface area (TPSA) is 20.2 Å². The summed E-state index contributed by atoms with van der Waals surface area (Å²) in [4.78, 5) is 0. The van der Waals surface area contributed by atoms with Gasteiger partial charge in [-0.05, 0) is 0 Å². The maximum atomic E-state index is 11.5. The van der Waals surface area contributed by atoms with Crippen molar-refractivity contribution >= 4 is 18.4 Å². The number of rotatable bonds is 14. The first-order valence-electron chi connectivity index (χ1n) is 12.4. The zero-order chi connectivity index (χ0) is 21.8. The van der Waals surface area contributed by atoms with Crippen molar-refractivity contribution in [2.24, 2.45) is 5.92 Å². The van der Waals surface area contributed by atoms with Crippen molar-refractivity contribution < 1.29 is 5.11 Å². The molecule has 2 aromatic rings. The quantitative estimate of drug-likeness (QED) is 0.250. The van der Waals surface area contributed by atoms with E-state index in [0.29, 0.717) is 3.93 Å². The molecule has 0 spiro atoms. The molecule has 0 bridgehead atoms. The van der Waals surface area contributed by atoms with Crippen molar-refractivity contribution in [2.45, 2.75) is 89.6 Å². The summed E-state index contributed by atoms with van der Waals surface area (Å²) in [5.74, 6) is 0.260. The van der Waals surface area contributed by atoms with E-state index in [9.17, 15) is 5.11 Å². The molecule has 0 saturated heterocycles. The van der Waals surface area contributed by atoms with Crippen LogP contribution in [-0.2, 0) is 0 Å².